The lowest BCUT2D eigenvalue weighted by Crippen LogP contribution is -2.47. The van der Waals surface area contributed by atoms with Crippen molar-refractivity contribution in [3.63, 3.8) is 0 Å². The summed E-state index contributed by atoms with van der Waals surface area (Å²) >= 11 is 0. The molecule has 4 aliphatic carbocycles. The third kappa shape index (κ3) is 3.40. The highest BCUT2D eigenvalue weighted by Gasteiger charge is 2.51. The summed E-state index contributed by atoms with van der Waals surface area (Å²) in [4.78, 5) is 17.9. The lowest BCUT2D eigenvalue weighted by Gasteiger charge is -2.56. The number of hydrogen-bond donors (Lipinski definition) is 1. The first kappa shape index (κ1) is 18.9. The zero-order valence-electron chi connectivity index (χ0n) is 18.0. The van der Waals surface area contributed by atoms with Crippen molar-refractivity contribution >= 4 is 17.2 Å². The van der Waals surface area contributed by atoms with E-state index in [0.29, 0.717) is 12.2 Å². The molecule has 0 spiro atoms. The first-order chi connectivity index (χ1) is 15.1. The molecular formula is C26H29N3O2. The van der Waals surface area contributed by atoms with Gasteiger partial charge in [0.05, 0.1) is 18.5 Å². The van der Waals surface area contributed by atoms with Crippen LogP contribution in [-0.4, -0.2) is 22.4 Å². The number of imidazole rings is 1. The molecule has 1 amide bonds. The number of carbonyl (C=O) groups is 1. The highest BCUT2D eigenvalue weighted by atomic mass is 16.5. The van der Waals surface area contributed by atoms with Crippen molar-refractivity contribution in [1.29, 1.82) is 0 Å². The monoisotopic (exact) mass is 415 g/mol. The smallest absolute Gasteiger partial charge is 0.225 e. The van der Waals surface area contributed by atoms with Gasteiger partial charge in [0.25, 0.3) is 0 Å². The van der Waals surface area contributed by atoms with Crippen molar-refractivity contribution < 1.29 is 9.53 Å². The van der Waals surface area contributed by atoms with Gasteiger partial charge in [-0.1, -0.05) is 6.07 Å². The normalized spacial score (nSPS) is 28.7. The molecule has 1 N–H and O–H groups in total. The van der Waals surface area contributed by atoms with E-state index in [0.717, 1.165) is 40.3 Å². The molecule has 0 atom stereocenters. The van der Waals surface area contributed by atoms with Gasteiger partial charge in [0.2, 0.25) is 5.91 Å². The first-order valence-corrected chi connectivity index (χ1v) is 11.5. The fourth-order valence-electron chi connectivity index (χ4n) is 7.08. The van der Waals surface area contributed by atoms with E-state index in [4.69, 9.17) is 9.72 Å². The van der Waals surface area contributed by atoms with Crippen LogP contribution in [0.15, 0.2) is 48.8 Å². The summed E-state index contributed by atoms with van der Waals surface area (Å²) < 4.78 is 7.55. The molecule has 0 saturated heterocycles. The average molecular weight is 416 g/mol. The minimum atomic E-state index is 0.118. The number of anilines is 1. The van der Waals surface area contributed by atoms with E-state index in [1.165, 1.54) is 38.5 Å². The molecule has 4 aliphatic rings. The molecule has 4 fully saturated rings. The van der Waals surface area contributed by atoms with E-state index >= 15 is 0 Å². The number of amides is 1. The Balaban J connectivity index is 1.24. The Kier molecular flexibility index (Phi) is 4.34. The Morgan fingerprint density at radius 2 is 1.87 bits per heavy atom. The van der Waals surface area contributed by atoms with Crippen LogP contribution in [-0.2, 0) is 4.79 Å². The number of rotatable bonds is 5. The van der Waals surface area contributed by atoms with E-state index in [-0.39, 0.29) is 11.3 Å². The fraction of sp³-hybridized carbons (Fsp3) is 0.462. The Bertz CT molecular complexity index is 1080. The zero-order chi connectivity index (χ0) is 21.0. The molecule has 4 saturated carbocycles. The second-order valence-electron chi connectivity index (χ2n) is 10.1. The molecule has 5 nitrogen and oxygen atoms in total. The molecule has 1 aromatic carbocycles. The van der Waals surface area contributed by atoms with Gasteiger partial charge in [0.15, 0.2) is 0 Å². The highest BCUT2D eigenvalue weighted by Crippen LogP contribution is 2.61. The third-order valence-electron chi connectivity index (χ3n) is 7.83. The molecule has 4 bridgehead atoms. The molecular weight excluding hydrogens is 386 g/mol. The van der Waals surface area contributed by atoms with Crippen molar-refractivity contribution in [3.8, 4) is 17.0 Å². The van der Waals surface area contributed by atoms with Crippen LogP contribution in [0, 0.1) is 23.2 Å². The predicted molar refractivity (Wildman–Crippen MR) is 121 cm³/mol. The van der Waals surface area contributed by atoms with Crippen molar-refractivity contribution in [2.75, 3.05) is 12.4 Å². The van der Waals surface area contributed by atoms with E-state index in [1.54, 1.807) is 7.11 Å². The lowest BCUT2D eigenvalue weighted by atomic mass is 9.49. The summed E-state index contributed by atoms with van der Waals surface area (Å²) in [6, 6.07) is 11.9. The Labute approximate surface area is 182 Å². The Hall–Kier alpha value is -2.82. The lowest BCUT2D eigenvalue weighted by molar-refractivity contribution is -0.124. The number of nitrogens with zero attached hydrogens (tertiary/aromatic N) is 2. The topological polar surface area (TPSA) is 55.6 Å². The number of benzene rings is 1. The summed E-state index contributed by atoms with van der Waals surface area (Å²) in [6.45, 7) is 0. The predicted octanol–water partition coefficient (Wildman–Crippen LogP) is 5.55. The standard InChI is InChI=1S/C26H29N3O2/c1-31-23-6-5-20(22-16-29-7-3-2-4-24(29)27-22)11-21(23)28-25(30)15-26-12-17-8-18(13-26)10-19(9-17)14-26/h2-7,11,16-19H,8-10,12-15H2,1H3,(H,28,30). The van der Waals surface area contributed by atoms with Gasteiger partial charge in [0.1, 0.15) is 11.4 Å². The SMILES string of the molecule is COc1ccc(-c2cn3ccccc3n2)cc1NC(=O)CC12CC3CC(CC(C3)C1)C2. The summed E-state index contributed by atoms with van der Waals surface area (Å²) in [6.07, 6.45) is 12.6. The van der Waals surface area contributed by atoms with Crippen LogP contribution in [0.4, 0.5) is 5.69 Å². The van der Waals surface area contributed by atoms with Crippen LogP contribution in [0.1, 0.15) is 44.9 Å². The van der Waals surface area contributed by atoms with Gasteiger partial charge < -0.3 is 14.5 Å². The van der Waals surface area contributed by atoms with Gasteiger partial charge >= 0.3 is 0 Å². The molecule has 5 heteroatoms. The van der Waals surface area contributed by atoms with Crippen LogP contribution >= 0.6 is 0 Å². The molecule has 0 aliphatic heterocycles. The van der Waals surface area contributed by atoms with Crippen molar-refractivity contribution in [1.82, 2.24) is 9.38 Å². The van der Waals surface area contributed by atoms with Gasteiger partial charge in [0, 0.05) is 24.4 Å². The highest BCUT2D eigenvalue weighted by molar-refractivity contribution is 5.93. The maximum Gasteiger partial charge on any atom is 0.225 e. The number of fused-ring (bicyclic) bond motifs is 1. The molecule has 31 heavy (non-hydrogen) atoms. The summed E-state index contributed by atoms with van der Waals surface area (Å²) in [5, 5.41) is 3.18. The van der Waals surface area contributed by atoms with Gasteiger partial charge in [-0.25, -0.2) is 4.98 Å². The minimum absolute atomic E-state index is 0.118. The first-order valence-electron chi connectivity index (χ1n) is 11.5. The molecule has 0 unspecified atom stereocenters. The van der Waals surface area contributed by atoms with E-state index in [1.807, 2.05) is 53.2 Å². The number of methoxy groups -OCH3 is 1. The third-order valence-corrected chi connectivity index (χ3v) is 7.83. The summed E-state index contributed by atoms with van der Waals surface area (Å²) in [5.41, 5.74) is 3.71. The quantitative estimate of drug-likeness (QED) is 0.594. The number of hydrogen-bond acceptors (Lipinski definition) is 3. The molecule has 7 rings (SSSR count). The van der Waals surface area contributed by atoms with E-state index < -0.39 is 0 Å². The molecule has 2 aromatic heterocycles. The van der Waals surface area contributed by atoms with Crippen LogP contribution < -0.4 is 10.1 Å². The number of aromatic nitrogens is 2. The number of carbonyl (C=O) groups excluding carboxylic acids is 1. The number of pyridine rings is 1. The number of nitrogens with one attached hydrogen (secondary N) is 1. The van der Waals surface area contributed by atoms with Crippen molar-refractivity contribution in [2.24, 2.45) is 23.2 Å². The Morgan fingerprint density at radius 1 is 1.13 bits per heavy atom. The van der Waals surface area contributed by atoms with E-state index in [9.17, 15) is 4.79 Å². The molecule has 3 aromatic rings. The van der Waals surface area contributed by atoms with Crippen LogP contribution in [0.5, 0.6) is 5.75 Å². The van der Waals surface area contributed by atoms with Crippen molar-refractivity contribution in [3.05, 3.63) is 48.8 Å². The van der Waals surface area contributed by atoms with E-state index in [2.05, 4.69) is 5.32 Å². The molecule has 2 heterocycles. The van der Waals surface area contributed by atoms with Gasteiger partial charge in [-0.2, -0.15) is 0 Å². The van der Waals surface area contributed by atoms with Crippen LogP contribution in [0.3, 0.4) is 0 Å². The van der Waals surface area contributed by atoms with Gasteiger partial charge in [-0.15, -0.1) is 0 Å². The number of ether oxygens (including phenoxy) is 1. The maximum absolute atomic E-state index is 13.2. The fourth-order valence-corrected chi connectivity index (χ4v) is 7.08. The average Bonchev–Trinajstić information content (AvgIpc) is 3.16. The maximum atomic E-state index is 13.2. The van der Waals surface area contributed by atoms with Crippen molar-refractivity contribution in [2.45, 2.75) is 44.9 Å². The van der Waals surface area contributed by atoms with Crippen LogP contribution in [0.2, 0.25) is 0 Å². The minimum Gasteiger partial charge on any atom is -0.495 e. The second kappa shape index (κ2) is 7.11. The molecule has 0 radical (unpaired) electrons. The Morgan fingerprint density at radius 3 is 2.55 bits per heavy atom. The summed E-state index contributed by atoms with van der Waals surface area (Å²) in [7, 11) is 1.65. The largest absolute Gasteiger partial charge is 0.495 e. The summed E-state index contributed by atoms with van der Waals surface area (Å²) in [5.74, 6) is 3.37. The van der Waals surface area contributed by atoms with Gasteiger partial charge in [-0.3, -0.25) is 4.79 Å². The second-order valence-corrected chi connectivity index (χ2v) is 10.1. The molecule has 160 valence electrons. The van der Waals surface area contributed by atoms with Gasteiger partial charge in [-0.05, 0) is 92.0 Å². The zero-order valence-corrected chi connectivity index (χ0v) is 18.0. The van der Waals surface area contributed by atoms with Crippen LogP contribution in [0.25, 0.3) is 16.9 Å².